The number of likely N-dealkylation sites (N-methyl/N-ethyl adjacent to an activating group) is 1. The molecule has 0 unspecified atom stereocenters. The number of amides is 1. The van der Waals surface area contributed by atoms with Crippen molar-refractivity contribution in [3.63, 3.8) is 0 Å². The van der Waals surface area contributed by atoms with Crippen molar-refractivity contribution in [3.05, 3.63) is 32.6 Å². The lowest BCUT2D eigenvalue weighted by Crippen LogP contribution is -2.32. The summed E-state index contributed by atoms with van der Waals surface area (Å²) in [5.74, 6) is 0.904. The van der Waals surface area contributed by atoms with Crippen molar-refractivity contribution in [2.45, 2.75) is 46.0 Å². The highest BCUT2D eigenvalue weighted by atomic mass is 32.1. The van der Waals surface area contributed by atoms with Crippen molar-refractivity contribution < 1.29 is 9.32 Å². The predicted molar refractivity (Wildman–Crippen MR) is 85.5 cm³/mol. The third kappa shape index (κ3) is 2.67. The van der Waals surface area contributed by atoms with Gasteiger partial charge in [-0.3, -0.25) is 4.79 Å². The minimum Gasteiger partial charge on any atom is -0.361 e. The van der Waals surface area contributed by atoms with E-state index < -0.39 is 0 Å². The first-order valence-electron chi connectivity index (χ1n) is 7.62. The highest BCUT2D eigenvalue weighted by molar-refractivity contribution is 7.11. The SMILES string of the molecule is Cc1nc2c(s1)CCC[C@H]2CN(C)C(=O)c1c(C)noc1C. The number of hydrogen-bond donors (Lipinski definition) is 0. The average Bonchev–Trinajstić information content (AvgIpc) is 3.01. The molecule has 0 N–H and O–H groups in total. The largest absolute Gasteiger partial charge is 0.361 e. The van der Waals surface area contributed by atoms with Gasteiger partial charge in [0.25, 0.3) is 5.91 Å². The van der Waals surface area contributed by atoms with Crippen molar-refractivity contribution in [1.29, 1.82) is 0 Å². The molecule has 1 aliphatic carbocycles. The molecule has 6 heteroatoms. The Morgan fingerprint density at radius 1 is 1.41 bits per heavy atom. The number of fused-ring (bicyclic) bond motifs is 1. The van der Waals surface area contributed by atoms with E-state index >= 15 is 0 Å². The molecule has 0 bridgehead atoms. The fourth-order valence-electron chi connectivity index (χ4n) is 3.20. The lowest BCUT2D eigenvalue weighted by atomic mass is 9.90. The highest BCUT2D eigenvalue weighted by Crippen LogP contribution is 2.35. The van der Waals surface area contributed by atoms with Gasteiger partial charge in [0, 0.05) is 24.4 Å². The molecule has 118 valence electrons. The molecule has 0 aromatic carbocycles. The summed E-state index contributed by atoms with van der Waals surface area (Å²) in [5, 5.41) is 4.99. The second kappa shape index (κ2) is 5.83. The van der Waals surface area contributed by atoms with E-state index in [1.54, 1.807) is 30.1 Å². The van der Waals surface area contributed by atoms with Crippen LogP contribution < -0.4 is 0 Å². The van der Waals surface area contributed by atoms with Gasteiger partial charge in [0.1, 0.15) is 11.3 Å². The van der Waals surface area contributed by atoms with E-state index in [4.69, 9.17) is 9.51 Å². The summed E-state index contributed by atoms with van der Waals surface area (Å²) in [5.41, 5.74) is 2.45. The van der Waals surface area contributed by atoms with Gasteiger partial charge in [-0.05, 0) is 40.0 Å². The Hall–Kier alpha value is -1.69. The van der Waals surface area contributed by atoms with Crippen LogP contribution in [0.5, 0.6) is 0 Å². The normalized spacial score (nSPS) is 17.4. The molecule has 2 aromatic rings. The number of aryl methyl sites for hydroxylation is 4. The van der Waals surface area contributed by atoms with Crippen LogP contribution in [0.1, 0.15) is 56.2 Å². The summed E-state index contributed by atoms with van der Waals surface area (Å²) in [6.07, 6.45) is 3.39. The summed E-state index contributed by atoms with van der Waals surface area (Å²) < 4.78 is 5.11. The van der Waals surface area contributed by atoms with Crippen LogP contribution in [-0.2, 0) is 6.42 Å². The van der Waals surface area contributed by atoms with Crippen LogP contribution in [0.4, 0.5) is 0 Å². The summed E-state index contributed by atoms with van der Waals surface area (Å²) >= 11 is 1.79. The van der Waals surface area contributed by atoms with E-state index in [9.17, 15) is 4.79 Å². The Balaban J connectivity index is 1.78. The van der Waals surface area contributed by atoms with Gasteiger partial charge in [-0.1, -0.05) is 5.16 Å². The molecule has 0 radical (unpaired) electrons. The van der Waals surface area contributed by atoms with Crippen molar-refractivity contribution in [1.82, 2.24) is 15.0 Å². The van der Waals surface area contributed by atoms with Crippen LogP contribution in [0, 0.1) is 20.8 Å². The Morgan fingerprint density at radius 3 is 2.86 bits per heavy atom. The Bertz CT molecular complexity index is 685. The van der Waals surface area contributed by atoms with Crippen LogP contribution in [0.25, 0.3) is 0 Å². The van der Waals surface area contributed by atoms with Gasteiger partial charge in [-0.2, -0.15) is 0 Å². The quantitative estimate of drug-likeness (QED) is 0.871. The number of carbonyl (C=O) groups excluding carboxylic acids is 1. The molecule has 2 heterocycles. The zero-order valence-electron chi connectivity index (χ0n) is 13.5. The number of nitrogens with zero attached hydrogens (tertiary/aromatic N) is 3. The van der Waals surface area contributed by atoms with Gasteiger partial charge in [-0.25, -0.2) is 4.98 Å². The molecule has 2 aromatic heterocycles. The van der Waals surface area contributed by atoms with Crippen molar-refractivity contribution in [2.75, 3.05) is 13.6 Å². The monoisotopic (exact) mass is 319 g/mol. The molecule has 1 atom stereocenters. The number of aromatic nitrogens is 2. The summed E-state index contributed by atoms with van der Waals surface area (Å²) in [7, 11) is 1.85. The first kappa shape index (κ1) is 15.2. The minimum atomic E-state index is -0.0182. The summed E-state index contributed by atoms with van der Waals surface area (Å²) in [6, 6.07) is 0. The van der Waals surface area contributed by atoms with E-state index in [0.717, 1.165) is 17.8 Å². The Kier molecular flexibility index (Phi) is 4.04. The molecule has 3 rings (SSSR count). The van der Waals surface area contributed by atoms with Gasteiger partial charge in [0.05, 0.1) is 16.4 Å². The zero-order chi connectivity index (χ0) is 15.9. The fraction of sp³-hybridized carbons (Fsp3) is 0.562. The lowest BCUT2D eigenvalue weighted by Gasteiger charge is -2.26. The molecule has 0 saturated carbocycles. The van der Waals surface area contributed by atoms with Gasteiger partial charge < -0.3 is 9.42 Å². The van der Waals surface area contributed by atoms with Crippen molar-refractivity contribution in [2.24, 2.45) is 0 Å². The fourth-order valence-corrected chi connectivity index (χ4v) is 4.26. The standard InChI is InChI=1S/C16H21N3O2S/c1-9-14(10(2)21-18-9)16(20)19(4)8-12-6-5-7-13-15(12)17-11(3)22-13/h12H,5-8H2,1-4H3/t12-/m0/s1. The smallest absolute Gasteiger partial charge is 0.259 e. The van der Waals surface area contributed by atoms with Crippen molar-refractivity contribution >= 4 is 17.2 Å². The van der Waals surface area contributed by atoms with Crippen LogP contribution in [0.15, 0.2) is 4.52 Å². The lowest BCUT2D eigenvalue weighted by molar-refractivity contribution is 0.0780. The van der Waals surface area contributed by atoms with Crippen LogP contribution in [0.2, 0.25) is 0 Å². The first-order valence-corrected chi connectivity index (χ1v) is 8.43. The van der Waals surface area contributed by atoms with Crippen LogP contribution >= 0.6 is 11.3 Å². The topological polar surface area (TPSA) is 59.2 Å². The number of hydrogen-bond acceptors (Lipinski definition) is 5. The second-order valence-corrected chi connectivity index (χ2v) is 7.30. The molecule has 1 amide bonds. The number of rotatable bonds is 3. The van der Waals surface area contributed by atoms with Crippen molar-refractivity contribution in [3.8, 4) is 0 Å². The zero-order valence-corrected chi connectivity index (χ0v) is 14.3. The number of carbonyl (C=O) groups is 1. The maximum Gasteiger partial charge on any atom is 0.259 e. The van der Waals surface area contributed by atoms with Gasteiger partial charge in [0.2, 0.25) is 0 Å². The third-order valence-corrected chi connectivity index (χ3v) is 5.31. The molecule has 22 heavy (non-hydrogen) atoms. The van der Waals surface area contributed by atoms with Crippen LogP contribution in [-0.4, -0.2) is 34.5 Å². The minimum absolute atomic E-state index is 0.0182. The highest BCUT2D eigenvalue weighted by Gasteiger charge is 2.28. The Labute approximate surface area is 134 Å². The van der Waals surface area contributed by atoms with E-state index in [1.807, 2.05) is 7.05 Å². The molecule has 0 spiro atoms. The average molecular weight is 319 g/mol. The molecule has 0 fully saturated rings. The Morgan fingerprint density at radius 2 is 2.18 bits per heavy atom. The van der Waals surface area contributed by atoms with Gasteiger partial charge in [0.15, 0.2) is 0 Å². The van der Waals surface area contributed by atoms with Gasteiger partial charge >= 0.3 is 0 Å². The molecule has 5 nitrogen and oxygen atoms in total. The van der Waals surface area contributed by atoms with Gasteiger partial charge in [-0.15, -0.1) is 11.3 Å². The predicted octanol–water partition coefficient (Wildman–Crippen LogP) is 3.25. The first-order chi connectivity index (χ1) is 10.5. The van der Waals surface area contributed by atoms with E-state index in [0.29, 0.717) is 29.5 Å². The summed E-state index contributed by atoms with van der Waals surface area (Å²) in [4.78, 5) is 20.5. The van der Waals surface area contributed by atoms with E-state index in [-0.39, 0.29) is 5.91 Å². The maximum absolute atomic E-state index is 12.6. The van der Waals surface area contributed by atoms with Crippen LogP contribution in [0.3, 0.4) is 0 Å². The second-order valence-electron chi connectivity index (χ2n) is 6.02. The molecular formula is C16H21N3O2S. The van der Waals surface area contributed by atoms with E-state index in [1.165, 1.54) is 17.0 Å². The molecule has 1 aliphatic rings. The third-order valence-electron chi connectivity index (χ3n) is 4.27. The van der Waals surface area contributed by atoms with E-state index in [2.05, 4.69) is 12.1 Å². The molecular weight excluding hydrogens is 298 g/mol. The molecule has 0 saturated heterocycles. The molecule has 0 aliphatic heterocycles. The maximum atomic E-state index is 12.6. The summed E-state index contributed by atoms with van der Waals surface area (Å²) in [6.45, 7) is 6.33. The number of thiazole rings is 1.